The number of carboxylic acids is 1. The number of nitrogens with zero attached hydrogens (tertiary/aromatic N) is 1. The fraction of sp³-hybridized carbons (Fsp3) is 0.325. The van der Waals surface area contributed by atoms with Crippen molar-refractivity contribution in [1.82, 2.24) is 4.57 Å². The summed E-state index contributed by atoms with van der Waals surface area (Å²) < 4.78 is 42.5. The number of para-hydroxylation sites is 1. The molecule has 1 N–H and O–H groups in total. The average molecular weight is 699 g/mol. The minimum absolute atomic E-state index is 0.0286. The summed E-state index contributed by atoms with van der Waals surface area (Å²) in [6.45, 7) is 11.0. The van der Waals surface area contributed by atoms with Gasteiger partial charge in [-0.1, -0.05) is 113 Å². The topological polar surface area (TPSA) is 77.8 Å². The van der Waals surface area contributed by atoms with Gasteiger partial charge in [-0.2, -0.15) is 0 Å². The van der Waals surface area contributed by atoms with E-state index in [1.807, 2.05) is 48.5 Å². The van der Waals surface area contributed by atoms with Gasteiger partial charge >= 0.3 is 14.0 Å². The van der Waals surface area contributed by atoms with E-state index in [2.05, 4.69) is 75.6 Å². The number of aliphatic carboxylic acids is 1. The maximum absolute atomic E-state index is 13.9. The number of carbonyl (C=O) groups is 1. The molecule has 49 heavy (non-hydrogen) atoms. The molecule has 0 fully saturated rings. The molecule has 0 amide bonds. The highest BCUT2D eigenvalue weighted by atomic mass is 31.1. The van der Waals surface area contributed by atoms with Crippen LogP contribution in [0.2, 0.25) is 5.04 Å². The number of hydrogen-bond acceptors (Lipinski definition) is 4. The SMILES string of the molecule is CC(C)c1c(CCCO[P+](=O)CC(CC(=O)O)O[Si](c2ccccc2)(c2ccccc2)C(C)(C)C)n(-c2ccc(F)cc2)c2ccccc12. The van der Waals surface area contributed by atoms with Crippen LogP contribution in [0.25, 0.3) is 16.6 Å². The van der Waals surface area contributed by atoms with E-state index in [-0.39, 0.29) is 36.0 Å². The summed E-state index contributed by atoms with van der Waals surface area (Å²) in [6, 6.07) is 34.8. The van der Waals surface area contributed by atoms with Crippen LogP contribution in [0.15, 0.2) is 109 Å². The Hall–Kier alpha value is -3.94. The van der Waals surface area contributed by atoms with Crippen LogP contribution in [0, 0.1) is 5.82 Å². The number of halogens is 1. The van der Waals surface area contributed by atoms with E-state index in [1.54, 1.807) is 12.1 Å². The maximum Gasteiger partial charge on any atom is 0.510 e. The van der Waals surface area contributed by atoms with Crippen molar-refractivity contribution in [3.63, 3.8) is 0 Å². The van der Waals surface area contributed by atoms with Crippen molar-refractivity contribution in [3.05, 3.63) is 126 Å². The molecule has 0 aliphatic heterocycles. The molecule has 0 aliphatic carbocycles. The van der Waals surface area contributed by atoms with E-state index < -0.39 is 28.4 Å². The molecule has 0 saturated carbocycles. The average Bonchev–Trinajstić information content (AvgIpc) is 3.40. The van der Waals surface area contributed by atoms with Gasteiger partial charge in [-0.15, -0.1) is 4.52 Å². The van der Waals surface area contributed by atoms with Crippen LogP contribution in [0.3, 0.4) is 0 Å². The summed E-state index contributed by atoms with van der Waals surface area (Å²) in [4.78, 5) is 12.1. The van der Waals surface area contributed by atoms with Crippen molar-refractivity contribution < 1.29 is 27.8 Å². The lowest BCUT2D eigenvalue weighted by molar-refractivity contribution is -0.138. The summed E-state index contributed by atoms with van der Waals surface area (Å²) in [5.74, 6) is -1.06. The van der Waals surface area contributed by atoms with Crippen LogP contribution in [0.5, 0.6) is 0 Å². The van der Waals surface area contributed by atoms with Crippen molar-refractivity contribution in [1.29, 1.82) is 0 Å². The van der Waals surface area contributed by atoms with Gasteiger partial charge in [0.15, 0.2) is 0 Å². The van der Waals surface area contributed by atoms with E-state index in [4.69, 9.17) is 8.95 Å². The Bertz CT molecular complexity index is 1830. The first-order valence-corrected chi connectivity index (χ1v) is 20.2. The van der Waals surface area contributed by atoms with Crippen molar-refractivity contribution in [2.45, 2.75) is 70.9 Å². The van der Waals surface area contributed by atoms with Crippen LogP contribution >= 0.6 is 8.03 Å². The predicted octanol–water partition coefficient (Wildman–Crippen LogP) is 9.00. The van der Waals surface area contributed by atoms with E-state index in [1.165, 1.54) is 17.7 Å². The Balaban J connectivity index is 1.36. The number of hydrogen-bond donors (Lipinski definition) is 1. The van der Waals surface area contributed by atoms with Crippen molar-refractivity contribution in [2.24, 2.45) is 0 Å². The predicted molar refractivity (Wildman–Crippen MR) is 199 cm³/mol. The fourth-order valence-electron chi connectivity index (χ4n) is 7.00. The smallest absolute Gasteiger partial charge is 0.481 e. The summed E-state index contributed by atoms with van der Waals surface area (Å²) in [5, 5.41) is 12.8. The number of benzene rings is 4. The molecule has 9 heteroatoms. The van der Waals surface area contributed by atoms with Crippen LogP contribution < -0.4 is 10.4 Å². The van der Waals surface area contributed by atoms with E-state index in [0.29, 0.717) is 12.8 Å². The highest BCUT2D eigenvalue weighted by Crippen LogP contribution is 2.40. The zero-order chi connectivity index (χ0) is 35.2. The van der Waals surface area contributed by atoms with Crippen molar-refractivity contribution in [3.8, 4) is 5.69 Å². The van der Waals surface area contributed by atoms with Gasteiger partial charge < -0.3 is 14.1 Å². The summed E-state index contributed by atoms with van der Waals surface area (Å²) in [7, 11) is -5.29. The molecule has 1 heterocycles. The van der Waals surface area contributed by atoms with Crippen molar-refractivity contribution >= 4 is 43.6 Å². The van der Waals surface area contributed by atoms with Gasteiger partial charge in [-0.05, 0) is 74.6 Å². The molecule has 6 nitrogen and oxygen atoms in total. The van der Waals surface area contributed by atoms with E-state index in [9.17, 15) is 18.9 Å². The third kappa shape index (κ3) is 8.10. The van der Waals surface area contributed by atoms with Crippen LogP contribution in [-0.2, 0) is 24.7 Å². The van der Waals surface area contributed by atoms with Gasteiger partial charge in [0.2, 0.25) is 6.16 Å². The molecule has 1 aromatic heterocycles. The minimum Gasteiger partial charge on any atom is -0.481 e. The van der Waals surface area contributed by atoms with Crippen LogP contribution in [0.4, 0.5) is 4.39 Å². The Morgan fingerprint density at radius 3 is 2.00 bits per heavy atom. The molecule has 2 atom stereocenters. The first-order chi connectivity index (χ1) is 23.4. The van der Waals surface area contributed by atoms with Gasteiger partial charge in [0, 0.05) is 16.8 Å². The molecule has 2 unspecified atom stereocenters. The molecule has 0 bridgehead atoms. The lowest BCUT2D eigenvalue weighted by Gasteiger charge is -2.44. The molecule has 0 spiro atoms. The highest BCUT2D eigenvalue weighted by Gasteiger charge is 2.52. The fourth-order valence-corrected chi connectivity index (χ4v) is 12.8. The Morgan fingerprint density at radius 1 is 0.878 bits per heavy atom. The maximum atomic E-state index is 13.9. The Labute approximate surface area is 290 Å². The van der Waals surface area contributed by atoms with Gasteiger partial charge in [0.05, 0.1) is 11.9 Å². The quantitative estimate of drug-likeness (QED) is 0.0671. The second kappa shape index (κ2) is 15.7. The summed E-state index contributed by atoms with van der Waals surface area (Å²) >= 11 is 0. The van der Waals surface area contributed by atoms with Crippen LogP contribution in [-0.4, -0.2) is 42.8 Å². The Morgan fingerprint density at radius 2 is 1.45 bits per heavy atom. The van der Waals surface area contributed by atoms with E-state index in [0.717, 1.165) is 32.7 Å². The lowest BCUT2D eigenvalue weighted by Crippen LogP contribution is -2.68. The first kappa shape index (κ1) is 36.3. The van der Waals surface area contributed by atoms with Crippen molar-refractivity contribution in [2.75, 3.05) is 12.8 Å². The number of fused-ring (bicyclic) bond motifs is 1. The summed E-state index contributed by atoms with van der Waals surface area (Å²) in [6.07, 6.45) is 0.113. The largest absolute Gasteiger partial charge is 0.510 e. The first-order valence-electron chi connectivity index (χ1n) is 16.9. The molecule has 0 radical (unpaired) electrons. The third-order valence-corrected chi connectivity index (χ3v) is 15.3. The summed E-state index contributed by atoms with van der Waals surface area (Å²) in [5.41, 5.74) is 4.27. The zero-order valence-electron chi connectivity index (χ0n) is 28.9. The standard InChI is InChI=1S/C40H45FNO5PSi/c1-29(2)39-35-19-12-13-20-36(35)42(31-24-22-30(41)23-25-31)37(39)21-14-26-46-48(45)28-32(27-38(43)44)47-49(40(3,4)5,33-15-8-6-9-16-33)34-17-10-7-11-18-34/h6-13,15-20,22-25,29,32H,14,21,26-28H2,1-5H3/p+1. The molecule has 256 valence electrons. The van der Waals surface area contributed by atoms with Crippen LogP contribution in [0.1, 0.15) is 64.6 Å². The highest BCUT2D eigenvalue weighted by molar-refractivity contribution is 7.39. The second-order valence-corrected chi connectivity index (χ2v) is 19.3. The second-order valence-electron chi connectivity index (χ2n) is 13.8. The molecule has 0 aliphatic rings. The normalized spacial score (nSPS) is 13.2. The number of aromatic nitrogens is 1. The zero-order valence-corrected chi connectivity index (χ0v) is 30.8. The Kier molecular flexibility index (Phi) is 11.7. The van der Waals surface area contributed by atoms with Gasteiger partial charge in [0.1, 0.15) is 18.5 Å². The van der Waals surface area contributed by atoms with Gasteiger partial charge in [-0.25, -0.2) is 4.39 Å². The molecular formula is C40H46FNO5PSi+. The molecule has 5 aromatic rings. The van der Waals surface area contributed by atoms with E-state index >= 15 is 0 Å². The molecule has 4 aromatic carbocycles. The molecule has 5 rings (SSSR count). The monoisotopic (exact) mass is 698 g/mol. The molecular weight excluding hydrogens is 653 g/mol. The molecule has 0 saturated heterocycles. The number of carboxylic acid groups (broad SMARTS) is 1. The van der Waals surface area contributed by atoms with Gasteiger partial charge in [0.25, 0.3) is 8.32 Å². The number of rotatable bonds is 15. The lowest BCUT2D eigenvalue weighted by atomic mass is 9.97. The minimum atomic E-state index is -3.08. The van der Waals surface area contributed by atoms with Gasteiger partial charge in [-0.3, -0.25) is 4.79 Å². The third-order valence-electron chi connectivity index (χ3n) is 8.99.